The Labute approximate surface area is 120 Å². The molecule has 2 unspecified atom stereocenters. The summed E-state index contributed by atoms with van der Waals surface area (Å²) in [6.45, 7) is 2.36. The fourth-order valence-electron chi connectivity index (χ4n) is 2.91. The molecule has 106 valence electrons. The van der Waals surface area contributed by atoms with Gasteiger partial charge in [0.15, 0.2) is 5.78 Å². The lowest BCUT2D eigenvalue weighted by Crippen LogP contribution is -2.32. The van der Waals surface area contributed by atoms with Crippen molar-refractivity contribution in [3.63, 3.8) is 0 Å². The van der Waals surface area contributed by atoms with Crippen LogP contribution in [0.1, 0.15) is 44.6 Å². The molecule has 0 bridgehead atoms. The van der Waals surface area contributed by atoms with Crippen LogP contribution in [0.4, 0.5) is 0 Å². The molecule has 2 rings (SSSR count). The van der Waals surface area contributed by atoms with Crippen LogP contribution in [0.3, 0.4) is 0 Å². The number of carbonyl (C=O) groups excluding carboxylic acids is 1. The van der Waals surface area contributed by atoms with Crippen molar-refractivity contribution >= 4 is 5.78 Å². The van der Waals surface area contributed by atoms with Crippen molar-refractivity contribution in [1.82, 2.24) is 0 Å². The molecular weight excluding hydrogens is 250 g/mol. The zero-order valence-electron chi connectivity index (χ0n) is 12.0. The minimum atomic E-state index is -1.00. The standard InChI is InChI=1S/C17H21NO2/c1-14(19)17(13-18,15-7-3-2-4-8-15)11-5-9-16-10-6-12-20-16/h2-4,7-8,16H,5-6,9-12H2,1H3. The van der Waals surface area contributed by atoms with Crippen molar-refractivity contribution < 1.29 is 9.53 Å². The van der Waals surface area contributed by atoms with E-state index in [2.05, 4.69) is 6.07 Å². The minimum Gasteiger partial charge on any atom is -0.378 e. The van der Waals surface area contributed by atoms with Crippen molar-refractivity contribution in [2.75, 3.05) is 6.61 Å². The van der Waals surface area contributed by atoms with E-state index in [1.54, 1.807) is 0 Å². The smallest absolute Gasteiger partial charge is 0.154 e. The average Bonchev–Trinajstić information content (AvgIpc) is 2.97. The molecule has 0 radical (unpaired) electrons. The van der Waals surface area contributed by atoms with Crippen molar-refractivity contribution in [1.29, 1.82) is 5.26 Å². The van der Waals surface area contributed by atoms with Gasteiger partial charge in [0.25, 0.3) is 0 Å². The summed E-state index contributed by atoms with van der Waals surface area (Å²) >= 11 is 0. The Bertz CT molecular complexity index is 485. The van der Waals surface area contributed by atoms with Crippen LogP contribution < -0.4 is 0 Å². The lowest BCUT2D eigenvalue weighted by atomic mass is 9.74. The highest BCUT2D eigenvalue weighted by Crippen LogP contribution is 2.31. The molecule has 1 aliphatic heterocycles. The second-order valence-electron chi connectivity index (χ2n) is 5.47. The molecule has 1 saturated heterocycles. The lowest BCUT2D eigenvalue weighted by molar-refractivity contribution is -0.120. The number of nitriles is 1. The van der Waals surface area contributed by atoms with Crippen LogP contribution in [0.15, 0.2) is 30.3 Å². The molecule has 1 aliphatic rings. The predicted molar refractivity (Wildman–Crippen MR) is 77.2 cm³/mol. The number of ketones is 1. The third kappa shape index (κ3) is 3.08. The molecule has 0 aromatic heterocycles. The van der Waals surface area contributed by atoms with E-state index in [0.717, 1.165) is 37.9 Å². The number of carbonyl (C=O) groups is 1. The zero-order chi connectivity index (χ0) is 14.4. The van der Waals surface area contributed by atoms with Gasteiger partial charge in [-0.15, -0.1) is 0 Å². The maximum atomic E-state index is 12.1. The zero-order valence-corrected chi connectivity index (χ0v) is 12.0. The molecule has 2 atom stereocenters. The highest BCUT2D eigenvalue weighted by atomic mass is 16.5. The third-order valence-corrected chi connectivity index (χ3v) is 4.16. The normalized spacial score (nSPS) is 21.1. The van der Waals surface area contributed by atoms with Crippen LogP contribution in [0.2, 0.25) is 0 Å². The van der Waals surface area contributed by atoms with Crippen LogP contribution >= 0.6 is 0 Å². The molecular formula is C17H21NO2. The molecule has 3 heteroatoms. The van der Waals surface area contributed by atoms with Gasteiger partial charge in [-0.1, -0.05) is 30.3 Å². The van der Waals surface area contributed by atoms with Gasteiger partial charge in [-0.2, -0.15) is 5.26 Å². The topological polar surface area (TPSA) is 50.1 Å². The summed E-state index contributed by atoms with van der Waals surface area (Å²) in [6.07, 6.45) is 4.89. The summed E-state index contributed by atoms with van der Waals surface area (Å²) in [4.78, 5) is 12.1. The van der Waals surface area contributed by atoms with Gasteiger partial charge in [0.2, 0.25) is 0 Å². The quantitative estimate of drug-likeness (QED) is 0.797. The Hall–Kier alpha value is -1.66. The van der Waals surface area contributed by atoms with Crippen molar-refractivity contribution in [3.8, 4) is 6.07 Å². The molecule has 1 fully saturated rings. The van der Waals surface area contributed by atoms with E-state index in [1.165, 1.54) is 6.92 Å². The molecule has 1 aromatic rings. The minimum absolute atomic E-state index is 0.0708. The first-order chi connectivity index (χ1) is 9.69. The number of ether oxygens (including phenoxy) is 1. The van der Waals surface area contributed by atoms with E-state index in [4.69, 9.17) is 4.74 Å². The lowest BCUT2D eigenvalue weighted by Gasteiger charge is -2.24. The monoisotopic (exact) mass is 271 g/mol. The second kappa shape index (κ2) is 6.67. The highest BCUT2D eigenvalue weighted by Gasteiger charge is 2.37. The number of rotatable bonds is 6. The number of nitrogens with zero attached hydrogens (tertiary/aromatic N) is 1. The first-order valence-corrected chi connectivity index (χ1v) is 7.28. The summed E-state index contributed by atoms with van der Waals surface area (Å²) in [5.74, 6) is -0.0708. The molecule has 1 heterocycles. The highest BCUT2D eigenvalue weighted by molar-refractivity contribution is 5.91. The van der Waals surface area contributed by atoms with Gasteiger partial charge in [-0.05, 0) is 44.6 Å². The third-order valence-electron chi connectivity index (χ3n) is 4.16. The van der Waals surface area contributed by atoms with E-state index >= 15 is 0 Å². The predicted octanol–water partition coefficient (Wildman–Crippen LogP) is 3.39. The molecule has 0 saturated carbocycles. The summed E-state index contributed by atoms with van der Waals surface area (Å²) < 4.78 is 5.60. The fourth-order valence-corrected chi connectivity index (χ4v) is 2.91. The van der Waals surface area contributed by atoms with Gasteiger partial charge in [0, 0.05) is 6.61 Å². The van der Waals surface area contributed by atoms with E-state index < -0.39 is 5.41 Å². The van der Waals surface area contributed by atoms with Crippen molar-refractivity contribution in [2.45, 2.75) is 50.5 Å². The fraction of sp³-hybridized carbons (Fsp3) is 0.529. The van der Waals surface area contributed by atoms with Crippen LogP contribution in [0.25, 0.3) is 0 Å². The van der Waals surface area contributed by atoms with Crippen LogP contribution in [0.5, 0.6) is 0 Å². The number of hydrogen-bond donors (Lipinski definition) is 0. The number of benzene rings is 1. The van der Waals surface area contributed by atoms with Crippen molar-refractivity contribution in [3.05, 3.63) is 35.9 Å². The van der Waals surface area contributed by atoms with Crippen LogP contribution in [0, 0.1) is 11.3 Å². The summed E-state index contributed by atoms with van der Waals surface area (Å²) in [5, 5.41) is 9.59. The molecule has 0 aliphatic carbocycles. The maximum Gasteiger partial charge on any atom is 0.154 e. The first kappa shape index (κ1) is 14.7. The Balaban J connectivity index is 2.07. The summed E-state index contributed by atoms with van der Waals surface area (Å²) in [6, 6.07) is 11.7. The number of Topliss-reactive ketones (excluding diaryl/α,β-unsaturated/α-hetero) is 1. The molecule has 3 nitrogen and oxygen atoms in total. The van der Waals surface area contributed by atoms with E-state index in [-0.39, 0.29) is 5.78 Å². The largest absolute Gasteiger partial charge is 0.378 e. The second-order valence-corrected chi connectivity index (χ2v) is 5.47. The summed E-state index contributed by atoms with van der Waals surface area (Å²) in [7, 11) is 0. The van der Waals surface area contributed by atoms with Gasteiger partial charge in [0.1, 0.15) is 5.41 Å². The molecule has 1 aromatic carbocycles. The van der Waals surface area contributed by atoms with E-state index in [9.17, 15) is 10.1 Å². The Morgan fingerprint density at radius 2 is 2.20 bits per heavy atom. The van der Waals surface area contributed by atoms with Gasteiger partial charge < -0.3 is 4.74 Å². The molecule has 0 spiro atoms. The van der Waals surface area contributed by atoms with Crippen molar-refractivity contribution in [2.24, 2.45) is 0 Å². The van der Waals surface area contributed by atoms with Gasteiger partial charge in [0.05, 0.1) is 12.2 Å². The first-order valence-electron chi connectivity index (χ1n) is 7.28. The van der Waals surface area contributed by atoms with E-state index in [0.29, 0.717) is 12.5 Å². The number of hydrogen-bond acceptors (Lipinski definition) is 3. The van der Waals surface area contributed by atoms with Gasteiger partial charge in [-0.3, -0.25) is 4.79 Å². The Morgan fingerprint density at radius 1 is 1.45 bits per heavy atom. The average molecular weight is 271 g/mol. The van der Waals surface area contributed by atoms with E-state index in [1.807, 2.05) is 30.3 Å². The Morgan fingerprint density at radius 3 is 2.75 bits per heavy atom. The van der Waals surface area contributed by atoms with Crippen LogP contribution in [-0.2, 0) is 14.9 Å². The SMILES string of the molecule is CC(=O)C(C#N)(CCCC1CCCO1)c1ccccc1. The maximum absolute atomic E-state index is 12.1. The van der Waals surface area contributed by atoms with Crippen LogP contribution in [-0.4, -0.2) is 18.5 Å². The van der Waals surface area contributed by atoms with Gasteiger partial charge in [-0.25, -0.2) is 0 Å². The Kier molecular flexibility index (Phi) is 4.92. The summed E-state index contributed by atoms with van der Waals surface area (Å²) in [5.41, 5.74) is -0.192. The molecule has 20 heavy (non-hydrogen) atoms. The molecule has 0 N–H and O–H groups in total. The molecule has 0 amide bonds. The van der Waals surface area contributed by atoms with Gasteiger partial charge >= 0.3 is 0 Å².